The highest BCUT2D eigenvalue weighted by atomic mass is 16.5. The standard InChI is InChI=1S/C13H22N6O2/c1-20-13(3-2-4-13)9-15-11-16-10(14)17-12(18-11)19-5-7-21-8-6-19/h2-9H2,1H3,(H3,14,15,16,17,18). The van der Waals surface area contributed by atoms with Gasteiger partial charge in [-0.25, -0.2) is 0 Å². The van der Waals surface area contributed by atoms with E-state index in [-0.39, 0.29) is 11.5 Å². The molecule has 1 aliphatic heterocycles. The van der Waals surface area contributed by atoms with Crippen molar-refractivity contribution < 1.29 is 9.47 Å². The monoisotopic (exact) mass is 294 g/mol. The molecule has 1 aromatic heterocycles. The lowest BCUT2D eigenvalue weighted by Crippen LogP contribution is -2.45. The number of nitrogens with zero attached hydrogens (tertiary/aromatic N) is 4. The molecule has 2 fully saturated rings. The molecule has 116 valence electrons. The number of ether oxygens (including phenoxy) is 2. The van der Waals surface area contributed by atoms with Crippen LogP contribution in [0, 0.1) is 0 Å². The van der Waals surface area contributed by atoms with Crippen molar-refractivity contribution in [3.05, 3.63) is 0 Å². The Kier molecular flexibility index (Phi) is 4.07. The van der Waals surface area contributed by atoms with E-state index in [4.69, 9.17) is 15.2 Å². The second-order valence-electron chi connectivity index (χ2n) is 5.51. The molecule has 0 unspecified atom stereocenters. The average molecular weight is 294 g/mol. The van der Waals surface area contributed by atoms with Crippen molar-refractivity contribution in [1.29, 1.82) is 0 Å². The number of anilines is 3. The summed E-state index contributed by atoms with van der Waals surface area (Å²) >= 11 is 0. The number of nitrogen functional groups attached to an aromatic ring is 1. The first-order chi connectivity index (χ1) is 10.2. The first-order valence-corrected chi connectivity index (χ1v) is 7.34. The summed E-state index contributed by atoms with van der Waals surface area (Å²) in [4.78, 5) is 14.9. The van der Waals surface area contributed by atoms with Crippen LogP contribution < -0.4 is 16.0 Å². The molecule has 1 aromatic rings. The van der Waals surface area contributed by atoms with Crippen LogP contribution in [0.15, 0.2) is 0 Å². The summed E-state index contributed by atoms with van der Waals surface area (Å²) in [6.45, 7) is 3.59. The van der Waals surface area contributed by atoms with Gasteiger partial charge in [0, 0.05) is 26.7 Å². The number of hydrogen-bond donors (Lipinski definition) is 2. The molecular formula is C13H22N6O2. The predicted octanol–water partition coefficient (Wildman–Crippen LogP) is 0.271. The largest absolute Gasteiger partial charge is 0.378 e. The van der Waals surface area contributed by atoms with E-state index >= 15 is 0 Å². The van der Waals surface area contributed by atoms with Crippen molar-refractivity contribution in [2.45, 2.75) is 24.9 Å². The number of nitrogens with one attached hydrogen (secondary N) is 1. The maximum Gasteiger partial charge on any atom is 0.232 e. The zero-order valence-corrected chi connectivity index (χ0v) is 12.3. The molecule has 1 aliphatic carbocycles. The Labute approximate surface area is 124 Å². The smallest absolute Gasteiger partial charge is 0.232 e. The normalized spacial score (nSPS) is 20.9. The van der Waals surface area contributed by atoms with Crippen LogP contribution in [0.2, 0.25) is 0 Å². The molecule has 0 amide bonds. The van der Waals surface area contributed by atoms with E-state index in [1.165, 1.54) is 6.42 Å². The van der Waals surface area contributed by atoms with Gasteiger partial charge in [-0.1, -0.05) is 0 Å². The highest BCUT2D eigenvalue weighted by Gasteiger charge is 2.37. The van der Waals surface area contributed by atoms with Crippen molar-refractivity contribution in [3.63, 3.8) is 0 Å². The lowest BCUT2D eigenvalue weighted by Gasteiger charge is -2.40. The molecule has 1 saturated carbocycles. The zero-order valence-electron chi connectivity index (χ0n) is 12.3. The quantitative estimate of drug-likeness (QED) is 0.798. The number of nitrogens with two attached hydrogens (primary N) is 1. The van der Waals surface area contributed by atoms with E-state index in [0.29, 0.717) is 31.7 Å². The third kappa shape index (κ3) is 3.16. The van der Waals surface area contributed by atoms with Crippen molar-refractivity contribution in [2.24, 2.45) is 0 Å². The number of morpholine rings is 1. The number of rotatable bonds is 5. The maximum atomic E-state index is 5.79. The molecule has 3 rings (SSSR count). The molecule has 1 saturated heterocycles. The molecule has 0 bridgehead atoms. The Morgan fingerprint density at radius 3 is 2.67 bits per heavy atom. The van der Waals surface area contributed by atoms with Gasteiger partial charge in [0.2, 0.25) is 17.8 Å². The van der Waals surface area contributed by atoms with Crippen LogP contribution in [0.3, 0.4) is 0 Å². The van der Waals surface area contributed by atoms with Gasteiger partial charge in [0.1, 0.15) is 0 Å². The SMILES string of the molecule is COC1(CNc2nc(N)nc(N3CCOCC3)n2)CCC1. The molecule has 0 aromatic carbocycles. The van der Waals surface area contributed by atoms with Gasteiger partial charge in [-0.05, 0) is 19.3 Å². The Morgan fingerprint density at radius 2 is 2.05 bits per heavy atom. The minimum atomic E-state index is -0.0828. The van der Waals surface area contributed by atoms with Gasteiger partial charge >= 0.3 is 0 Å². The Balaban J connectivity index is 1.68. The first-order valence-electron chi connectivity index (χ1n) is 7.34. The summed E-state index contributed by atoms with van der Waals surface area (Å²) in [7, 11) is 1.75. The van der Waals surface area contributed by atoms with Crippen molar-refractivity contribution in [2.75, 3.05) is 55.9 Å². The molecular weight excluding hydrogens is 272 g/mol. The zero-order chi connectivity index (χ0) is 14.7. The highest BCUT2D eigenvalue weighted by molar-refractivity contribution is 5.42. The van der Waals surface area contributed by atoms with Crippen LogP contribution in [-0.4, -0.2) is 60.5 Å². The van der Waals surface area contributed by atoms with E-state index in [0.717, 1.165) is 25.9 Å². The summed E-state index contributed by atoms with van der Waals surface area (Å²) in [5.41, 5.74) is 5.71. The van der Waals surface area contributed by atoms with Crippen LogP contribution in [0.5, 0.6) is 0 Å². The summed E-state index contributed by atoms with van der Waals surface area (Å²) in [6, 6.07) is 0. The summed E-state index contributed by atoms with van der Waals surface area (Å²) in [6.07, 6.45) is 3.33. The fraction of sp³-hybridized carbons (Fsp3) is 0.769. The van der Waals surface area contributed by atoms with Crippen LogP contribution >= 0.6 is 0 Å². The minimum absolute atomic E-state index is 0.0828. The maximum absolute atomic E-state index is 5.79. The van der Waals surface area contributed by atoms with E-state index < -0.39 is 0 Å². The van der Waals surface area contributed by atoms with E-state index in [9.17, 15) is 0 Å². The fourth-order valence-corrected chi connectivity index (χ4v) is 2.63. The van der Waals surface area contributed by atoms with Gasteiger partial charge in [-0.15, -0.1) is 0 Å². The van der Waals surface area contributed by atoms with Gasteiger partial charge in [-0.3, -0.25) is 0 Å². The minimum Gasteiger partial charge on any atom is -0.378 e. The van der Waals surface area contributed by atoms with Crippen LogP contribution in [0.1, 0.15) is 19.3 Å². The number of aromatic nitrogens is 3. The molecule has 8 heteroatoms. The summed E-state index contributed by atoms with van der Waals surface area (Å²) in [5, 5.41) is 3.23. The molecule has 8 nitrogen and oxygen atoms in total. The lowest BCUT2D eigenvalue weighted by molar-refractivity contribution is -0.0602. The molecule has 2 heterocycles. The topological polar surface area (TPSA) is 98.4 Å². The van der Waals surface area contributed by atoms with Gasteiger partial charge < -0.3 is 25.4 Å². The second kappa shape index (κ2) is 5.98. The fourth-order valence-electron chi connectivity index (χ4n) is 2.63. The highest BCUT2D eigenvalue weighted by Crippen LogP contribution is 2.34. The Bertz CT molecular complexity index is 482. The van der Waals surface area contributed by atoms with E-state index in [2.05, 4.69) is 25.2 Å². The van der Waals surface area contributed by atoms with Crippen molar-refractivity contribution in [3.8, 4) is 0 Å². The van der Waals surface area contributed by atoms with E-state index in [1.54, 1.807) is 7.11 Å². The van der Waals surface area contributed by atoms with Gasteiger partial charge in [-0.2, -0.15) is 15.0 Å². The lowest BCUT2D eigenvalue weighted by atomic mass is 9.80. The van der Waals surface area contributed by atoms with Gasteiger partial charge in [0.15, 0.2) is 0 Å². The van der Waals surface area contributed by atoms with Crippen molar-refractivity contribution >= 4 is 17.8 Å². The molecule has 21 heavy (non-hydrogen) atoms. The molecule has 0 spiro atoms. The first kappa shape index (κ1) is 14.3. The molecule has 0 atom stereocenters. The van der Waals surface area contributed by atoms with Gasteiger partial charge in [0.05, 0.1) is 18.8 Å². The molecule has 0 radical (unpaired) electrons. The summed E-state index contributed by atoms with van der Waals surface area (Å²) < 4.78 is 10.9. The van der Waals surface area contributed by atoms with Crippen LogP contribution in [0.25, 0.3) is 0 Å². The number of hydrogen-bond acceptors (Lipinski definition) is 8. The third-order valence-corrected chi connectivity index (χ3v) is 4.20. The molecule has 2 aliphatic rings. The number of methoxy groups -OCH3 is 1. The molecule has 3 N–H and O–H groups in total. The summed E-state index contributed by atoms with van der Waals surface area (Å²) in [5.74, 6) is 1.34. The third-order valence-electron chi connectivity index (χ3n) is 4.20. The van der Waals surface area contributed by atoms with Crippen LogP contribution in [-0.2, 0) is 9.47 Å². The van der Waals surface area contributed by atoms with Gasteiger partial charge in [0.25, 0.3) is 0 Å². The Morgan fingerprint density at radius 1 is 1.29 bits per heavy atom. The van der Waals surface area contributed by atoms with Crippen molar-refractivity contribution in [1.82, 2.24) is 15.0 Å². The van der Waals surface area contributed by atoms with E-state index in [1.807, 2.05) is 0 Å². The second-order valence-corrected chi connectivity index (χ2v) is 5.51. The average Bonchev–Trinajstić information content (AvgIpc) is 2.47. The predicted molar refractivity (Wildman–Crippen MR) is 79.4 cm³/mol. The Hall–Kier alpha value is -1.67. The van der Waals surface area contributed by atoms with Crippen LogP contribution in [0.4, 0.5) is 17.8 Å².